The second kappa shape index (κ2) is 19.1. The zero-order valence-electron chi connectivity index (χ0n) is 31.7. The van der Waals surface area contributed by atoms with Crippen LogP contribution in [0.1, 0.15) is 113 Å². The largest absolute Gasteiger partial charge is 0.458 e. The summed E-state index contributed by atoms with van der Waals surface area (Å²) >= 11 is 0. The highest BCUT2D eigenvalue weighted by atomic mass is 16.6. The minimum Gasteiger partial charge on any atom is -0.458 e. The van der Waals surface area contributed by atoms with Crippen LogP contribution in [-0.2, 0) is 28.7 Å². The van der Waals surface area contributed by atoms with Crippen molar-refractivity contribution in [3.05, 3.63) is 25.3 Å². The Bertz CT molecular complexity index is 1230. The lowest BCUT2D eigenvalue weighted by Crippen LogP contribution is -2.60. The summed E-state index contributed by atoms with van der Waals surface area (Å²) in [6, 6.07) is -4.57. The van der Waals surface area contributed by atoms with Crippen molar-refractivity contribution in [2.75, 3.05) is 13.1 Å². The van der Waals surface area contributed by atoms with Gasteiger partial charge in [-0.2, -0.15) is 0 Å². The van der Waals surface area contributed by atoms with Gasteiger partial charge in [-0.15, -0.1) is 13.2 Å². The van der Waals surface area contributed by atoms with E-state index in [-0.39, 0.29) is 37.3 Å². The van der Waals surface area contributed by atoms with Gasteiger partial charge in [-0.05, 0) is 69.6 Å². The number of likely N-dealkylation sites (tertiary alicyclic amines) is 1. The molecule has 1 aliphatic heterocycles. The molecule has 0 aromatic heterocycles. The number of ketones is 1. The lowest BCUT2D eigenvalue weighted by molar-refractivity contribution is -0.158. The highest BCUT2D eigenvalue weighted by molar-refractivity contribution is 6.38. The Morgan fingerprint density at radius 2 is 1.58 bits per heavy atom. The third-order valence-electron chi connectivity index (χ3n) is 9.86. The number of nitrogens with zero attached hydrogens (tertiary/aromatic N) is 1. The van der Waals surface area contributed by atoms with Gasteiger partial charge in [0.2, 0.25) is 17.6 Å². The van der Waals surface area contributed by atoms with Crippen molar-refractivity contribution in [1.29, 1.82) is 0 Å². The Hall–Kier alpha value is -3.70. The maximum Gasteiger partial charge on any atom is 0.329 e. The molecule has 2 fully saturated rings. The summed E-state index contributed by atoms with van der Waals surface area (Å²) in [6.07, 6.45) is 9.47. The number of amides is 5. The van der Waals surface area contributed by atoms with Crippen molar-refractivity contribution in [3.63, 3.8) is 0 Å². The highest BCUT2D eigenvalue weighted by Crippen LogP contribution is 2.39. The van der Waals surface area contributed by atoms with E-state index in [0.717, 1.165) is 38.5 Å². The molecular formula is C38H63N5O7. The standard InChI is InChI=1S/C38H63N5O7/c1-11-14-20-27(31(44)33(46)39-21-12-2)40-32(45)28-22-26(38(9,10)13-3)23-43(28)34(47)30(25-18-16-15-17-19-25)42-36(49)41-29(24(4)5)35(48)50-37(6,7)8/h12-13,24-30H,2-3,11,14-23H2,1,4-10H3,(H,39,46)(H,40,45)(H2,41,42,49)/t26-,27?,28+,29+,30+/m1/s1. The van der Waals surface area contributed by atoms with Gasteiger partial charge in [0.15, 0.2) is 0 Å². The molecule has 12 nitrogen and oxygen atoms in total. The number of esters is 1. The molecule has 282 valence electrons. The fraction of sp³-hybridized carbons (Fsp3) is 0.737. The fourth-order valence-electron chi connectivity index (χ4n) is 6.60. The first-order valence-corrected chi connectivity index (χ1v) is 18.3. The van der Waals surface area contributed by atoms with Crippen LogP contribution in [0.25, 0.3) is 0 Å². The monoisotopic (exact) mass is 701 g/mol. The highest BCUT2D eigenvalue weighted by Gasteiger charge is 2.48. The first-order chi connectivity index (χ1) is 23.4. The SMILES string of the molecule is C=CCNC(=O)C(=O)C(CCCC)NC(=O)[C@@H]1C[C@@H](C(C)(C)C=C)CN1C(=O)[C@@H](NC(=O)N[C@H](C(=O)OC(C)(C)C)C(C)C)C1CCCCC1. The van der Waals surface area contributed by atoms with Gasteiger partial charge in [0.25, 0.3) is 5.91 Å². The summed E-state index contributed by atoms with van der Waals surface area (Å²) in [5, 5.41) is 10.9. The van der Waals surface area contributed by atoms with Gasteiger partial charge in [0, 0.05) is 13.1 Å². The number of nitrogens with one attached hydrogen (secondary N) is 4. The van der Waals surface area contributed by atoms with Gasteiger partial charge < -0.3 is 30.9 Å². The normalized spacial score (nSPS) is 20.2. The van der Waals surface area contributed by atoms with Crippen molar-refractivity contribution in [2.45, 2.75) is 143 Å². The second-order valence-corrected chi connectivity index (χ2v) is 15.8. The number of carbonyl (C=O) groups is 6. The summed E-state index contributed by atoms with van der Waals surface area (Å²) in [7, 11) is 0. The lowest BCUT2D eigenvalue weighted by atomic mass is 9.77. The van der Waals surface area contributed by atoms with Crippen LogP contribution in [0.3, 0.4) is 0 Å². The number of urea groups is 1. The quantitative estimate of drug-likeness (QED) is 0.0981. The molecule has 5 amide bonds. The van der Waals surface area contributed by atoms with Gasteiger partial charge in [0.05, 0.1) is 6.04 Å². The molecule has 0 spiro atoms. The molecule has 0 aromatic rings. The molecule has 4 N–H and O–H groups in total. The van der Waals surface area contributed by atoms with Crippen LogP contribution in [0.15, 0.2) is 25.3 Å². The molecule has 1 aliphatic carbocycles. The summed E-state index contributed by atoms with van der Waals surface area (Å²) in [4.78, 5) is 82.6. The van der Waals surface area contributed by atoms with Crippen molar-refractivity contribution < 1.29 is 33.5 Å². The summed E-state index contributed by atoms with van der Waals surface area (Å²) < 4.78 is 5.55. The number of hydrogen-bond donors (Lipinski definition) is 4. The predicted octanol–water partition coefficient (Wildman–Crippen LogP) is 4.58. The molecule has 0 radical (unpaired) electrons. The maximum atomic E-state index is 14.7. The smallest absolute Gasteiger partial charge is 0.329 e. The molecule has 12 heteroatoms. The van der Waals surface area contributed by atoms with Crippen LogP contribution in [0.4, 0.5) is 4.79 Å². The van der Waals surface area contributed by atoms with Crippen LogP contribution >= 0.6 is 0 Å². The number of allylic oxidation sites excluding steroid dienone is 1. The summed E-state index contributed by atoms with van der Waals surface area (Å²) in [6.45, 7) is 22.7. The first kappa shape index (κ1) is 42.5. The number of unbranched alkanes of at least 4 members (excludes halogenated alkanes) is 1. The van der Waals surface area contributed by atoms with Crippen molar-refractivity contribution in [2.24, 2.45) is 23.2 Å². The molecule has 1 heterocycles. The van der Waals surface area contributed by atoms with Crippen LogP contribution in [0, 0.1) is 23.2 Å². The van der Waals surface area contributed by atoms with E-state index in [4.69, 9.17) is 4.74 Å². The van der Waals surface area contributed by atoms with Gasteiger partial charge >= 0.3 is 12.0 Å². The van der Waals surface area contributed by atoms with Crippen LogP contribution in [0.5, 0.6) is 0 Å². The lowest BCUT2D eigenvalue weighted by Gasteiger charge is -2.35. The Balaban J connectivity index is 2.44. The van der Waals surface area contributed by atoms with Gasteiger partial charge in [-0.25, -0.2) is 9.59 Å². The van der Waals surface area contributed by atoms with E-state index in [2.05, 4.69) is 34.4 Å². The summed E-state index contributed by atoms with van der Waals surface area (Å²) in [5.41, 5.74) is -1.18. The average Bonchev–Trinajstić information content (AvgIpc) is 3.52. The van der Waals surface area contributed by atoms with E-state index in [9.17, 15) is 28.8 Å². The Morgan fingerprint density at radius 1 is 0.940 bits per heavy atom. The van der Waals surface area contributed by atoms with Crippen molar-refractivity contribution in [3.8, 4) is 0 Å². The number of rotatable bonds is 17. The van der Waals surface area contributed by atoms with Crippen molar-refractivity contribution >= 4 is 35.5 Å². The van der Waals surface area contributed by atoms with E-state index in [0.29, 0.717) is 12.8 Å². The van der Waals surface area contributed by atoms with E-state index < -0.39 is 70.7 Å². The first-order valence-electron chi connectivity index (χ1n) is 18.3. The van der Waals surface area contributed by atoms with E-state index >= 15 is 0 Å². The molecule has 1 saturated heterocycles. The Kier molecular flexibility index (Phi) is 16.2. The van der Waals surface area contributed by atoms with Gasteiger partial charge in [0.1, 0.15) is 23.7 Å². The predicted molar refractivity (Wildman–Crippen MR) is 194 cm³/mol. The van der Waals surface area contributed by atoms with Crippen LogP contribution < -0.4 is 21.3 Å². The number of Topliss-reactive ketones (excluding diaryl/α,β-unsaturated/α-hetero) is 1. The van der Waals surface area contributed by atoms with Gasteiger partial charge in [-0.1, -0.05) is 78.9 Å². The molecule has 0 bridgehead atoms. The zero-order chi connectivity index (χ0) is 37.8. The molecule has 1 saturated carbocycles. The minimum absolute atomic E-state index is 0.112. The number of carbonyl (C=O) groups excluding carboxylic acids is 6. The van der Waals surface area contributed by atoms with E-state index in [1.807, 2.05) is 26.8 Å². The zero-order valence-corrected chi connectivity index (χ0v) is 31.7. The van der Waals surface area contributed by atoms with E-state index in [1.165, 1.54) is 11.0 Å². The van der Waals surface area contributed by atoms with E-state index in [1.54, 1.807) is 34.6 Å². The molecule has 2 rings (SSSR count). The molecular weight excluding hydrogens is 638 g/mol. The molecule has 0 aromatic carbocycles. The topological polar surface area (TPSA) is 163 Å². The molecule has 50 heavy (non-hydrogen) atoms. The van der Waals surface area contributed by atoms with Gasteiger partial charge in [-0.3, -0.25) is 19.2 Å². The Morgan fingerprint density at radius 3 is 2.12 bits per heavy atom. The fourth-order valence-corrected chi connectivity index (χ4v) is 6.60. The van der Waals surface area contributed by atoms with Crippen molar-refractivity contribution in [1.82, 2.24) is 26.2 Å². The third-order valence-corrected chi connectivity index (χ3v) is 9.86. The third kappa shape index (κ3) is 12.3. The average molecular weight is 702 g/mol. The number of hydrogen-bond acceptors (Lipinski definition) is 7. The summed E-state index contributed by atoms with van der Waals surface area (Å²) in [5.74, 6) is -3.65. The maximum absolute atomic E-state index is 14.7. The van der Waals surface area contributed by atoms with Crippen LogP contribution in [-0.4, -0.2) is 83.3 Å². The second-order valence-electron chi connectivity index (χ2n) is 15.8. The number of ether oxygens (including phenoxy) is 1. The minimum atomic E-state index is -1.06. The Labute approximate surface area is 299 Å². The molecule has 5 atom stereocenters. The molecule has 1 unspecified atom stereocenters. The molecule has 2 aliphatic rings. The van der Waals surface area contributed by atoms with Crippen LogP contribution in [0.2, 0.25) is 0 Å².